The molecule has 0 bridgehead atoms. The van der Waals surface area contributed by atoms with Crippen LogP contribution in [0.15, 0.2) is 18.2 Å². The van der Waals surface area contributed by atoms with E-state index in [1.165, 1.54) is 0 Å². The van der Waals surface area contributed by atoms with Crippen LogP contribution in [0.1, 0.15) is 41.5 Å². The molecule has 0 aliphatic rings. The van der Waals surface area contributed by atoms with Gasteiger partial charge in [-0.1, -0.05) is 12.1 Å². The zero-order chi connectivity index (χ0) is 12.7. The van der Waals surface area contributed by atoms with Crippen molar-refractivity contribution in [3.8, 4) is 0 Å². The Bertz CT molecular complexity index is 594. The second kappa shape index (κ2) is 3.91. The predicted molar refractivity (Wildman–Crippen MR) is 68.8 cm³/mol. The Labute approximate surface area is 101 Å². The highest BCUT2D eigenvalue weighted by atomic mass is 16.4. The van der Waals surface area contributed by atoms with Gasteiger partial charge in [0, 0.05) is 16.9 Å². The Balaban J connectivity index is 2.93. The first-order valence-electron chi connectivity index (χ1n) is 5.78. The van der Waals surface area contributed by atoms with Crippen LogP contribution in [0.2, 0.25) is 0 Å². The summed E-state index contributed by atoms with van der Waals surface area (Å²) in [7, 11) is 0. The largest absolute Gasteiger partial charge is 0.477 e. The lowest BCUT2D eigenvalue weighted by molar-refractivity contribution is 0.0683. The van der Waals surface area contributed by atoms with E-state index in [0.29, 0.717) is 5.69 Å². The van der Waals surface area contributed by atoms with Crippen molar-refractivity contribution in [3.63, 3.8) is 0 Å². The zero-order valence-electron chi connectivity index (χ0n) is 10.6. The number of aromatic carboxylic acids is 1. The molecule has 2 rings (SSSR count). The molecule has 0 aliphatic carbocycles. The van der Waals surface area contributed by atoms with Crippen molar-refractivity contribution in [3.05, 3.63) is 35.0 Å². The number of hydrogen-bond acceptors (Lipinski definition) is 1. The van der Waals surface area contributed by atoms with Crippen molar-refractivity contribution in [2.24, 2.45) is 0 Å². The van der Waals surface area contributed by atoms with Crippen molar-refractivity contribution < 1.29 is 9.90 Å². The minimum Gasteiger partial charge on any atom is -0.477 e. The van der Waals surface area contributed by atoms with Crippen LogP contribution in [-0.2, 0) is 0 Å². The molecule has 1 aromatic heterocycles. The number of carbonyl (C=O) groups is 1. The summed E-state index contributed by atoms with van der Waals surface area (Å²) in [6.45, 7) is 7.91. The summed E-state index contributed by atoms with van der Waals surface area (Å²) in [4.78, 5) is 11.4. The summed E-state index contributed by atoms with van der Waals surface area (Å²) >= 11 is 0. The number of hydrogen-bond donors (Lipinski definition) is 1. The van der Waals surface area contributed by atoms with Crippen LogP contribution in [0.4, 0.5) is 0 Å². The number of rotatable bonds is 2. The van der Waals surface area contributed by atoms with E-state index in [9.17, 15) is 9.90 Å². The summed E-state index contributed by atoms with van der Waals surface area (Å²) in [6.07, 6.45) is 0. The van der Waals surface area contributed by atoms with E-state index in [1.54, 1.807) is 0 Å². The minimum absolute atomic E-state index is 0.138. The Morgan fingerprint density at radius 1 is 1.29 bits per heavy atom. The Hall–Kier alpha value is -1.77. The molecule has 90 valence electrons. The van der Waals surface area contributed by atoms with Gasteiger partial charge in [0.2, 0.25) is 0 Å². The molecule has 0 radical (unpaired) electrons. The molecule has 3 nitrogen and oxygen atoms in total. The van der Waals surface area contributed by atoms with E-state index in [4.69, 9.17) is 0 Å². The Morgan fingerprint density at radius 3 is 2.47 bits per heavy atom. The van der Waals surface area contributed by atoms with Crippen molar-refractivity contribution in [2.45, 2.75) is 33.7 Å². The molecule has 0 spiro atoms. The van der Waals surface area contributed by atoms with Crippen LogP contribution in [-0.4, -0.2) is 15.6 Å². The quantitative estimate of drug-likeness (QED) is 0.859. The van der Waals surface area contributed by atoms with E-state index in [1.807, 2.05) is 44.4 Å². The number of fused-ring (bicyclic) bond motifs is 1. The first kappa shape index (κ1) is 11.7. The van der Waals surface area contributed by atoms with Crippen LogP contribution in [0.25, 0.3) is 10.9 Å². The highest BCUT2D eigenvalue weighted by Crippen LogP contribution is 2.29. The van der Waals surface area contributed by atoms with Crippen molar-refractivity contribution in [1.29, 1.82) is 0 Å². The highest BCUT2D eigenvalue weighted by Gasteiger charge is 2.20. The molecule has 3 heteroatoms. The lowest BCUT2D eigenvalue weighted by Gasteiger charge is -2.12. The topological polar surface area (TPSA) is 42.2 Å². The van der Waals surface area contributed by atoms with Gasteiger partial charge in [0.05, 0.1) is 0 Å². The Kier molecular flexibility index (Phi) is 2.69. The van der Waals surface area contributed by atoms with Crippen LogP contribution >= 0.6 is 0 Å². The van der Waals surface area contributed by atoms with Gasteiger partial charge in [0.15, 0.2) is 0 Å². The third-order valence-corrected chi connectivity index (χ3v) is 3.13. The summed E-state index contributed by atoms with van der Waals surface area (Å²) in [5.74, 6) is -0.856. The number of aryl methyl sites for hydroxylation is 2. The van der Waals surface area contributed by atoms with E-state index < -0.39 is 5.97 Å². The van der Waals surface area contributed by atoms with Gasteiger partial charge in [-0.2, -0.15) is 0 Å². The second-order valence-corrected chi connectivity index (χ2v) is 4.76. The fourth-order valence-corrected chi connectivity index (χ4v) is 2.39. The first-order valence-corrected chi connectivity index (χ1v) is 5.78. The number of carboxylic acids is 1. The van der Waals surface area contributed by atoms with Crippen molar-refractivity contribution in [2.75, 3.05) is 0 Å². The molecule has 1 aromatic carbocycles. The van der Waals surface area contributed by atoms with Gasteiger partial charge in [-0.3, -0.25) is 0 Å². The molecule has 1 heterocycles. The third kappa shape index (κ3) is 1.71. The average Bonchev–Trinajstić information content (AvgIpc) is 2.51. The maximum absolute atomic E-state index is 11.4. The van der Waals surface area contributed by atoms with Gasteiger partial charge in [-0.15, -0.1) is 0 Å². The standard InChI is InChI=1S/C14H17NO2/c1-8(2)15-12-7-9(3)5-6-11(12)10(4)13(15)14(16)17/h5-8H,1-4H3,(H,16,17). The number of aromatic nitrogens is 1. The zero-order valence-corrected chi connectivity index (χ0v) is 10.6. The normalized spacial score (nSPS) is 11.4. The first-order chi connectivity index (χ1) is 7.93. The number of benzene rings is 1. The smallest absolute Gasteiger partial charge is 0.352 e. The molecular weight excluding hydrogens is 214 g/mol. The van der Waals surface area contributed by atoms with Crippen molar-refractivity contribution in [1.82, 2.24) is 4.57 Å². The summed E-state index contributed by atoms with van der Waals surface area (Å²) in [5, 5.41) is 10.4. The average molecular weight is 231 g/mol. The van der Waals surface area contributed by atoms with E-state index in [0.717, 1.165) is 22.0 Å². The van der Waals surface area contributed by atoms with E-state index in [2.05, 4.69) is 6.07 Å². The van der Waals surface area contributed by atoms with Crippen molar-refractivity contribution >= 4 is 16.9 Å². The van der Waals surface area contributed by atoms with E-state index >= 15 is 0 Å². The molecule has 0 amide bonds. The Morgan fingerprint density at radius 2 is 1.94 bits per heavy atom. The summed E-state index contributed by atoms with van der Waals surface area (Å²) < 4.78 is 1.90. The lowest BCUT2D eigenvalue weighted by Crippen LogP contribution is -2.11. The molecule has 2 aromatic rings. The highest BCUT2D eigenvalue weighted by molar-refractivity contribution is 5.98. The lowest BCUT2D eigenvalue weighted by atomic mass is 10.1. The molecule has 0 saturated carbocycles. The van der Waals surface area contributed by atoms with Gasteiger partial charge in [-0.05, 0) is 44.9 Å². The van der Waals surface area contributed by atoms with Crippen LogP contribution in [0.3, 0.4) is 0 Å². The molecule has 17 heavy (non-hydrogen) atoms. The molecular formula is C14H17NO2. The van der Waals surface area contributed by atoms with Gasteiger partial charge < -0.3 is 9.67 Å². The van der Waals surface area contributed by atoms with E-state index in [-0.39, 0.29) is 6.04 Å². The predicted octanol–water partition coefficient (Wildman–Crippen LogP) is 3.54. The second-order valence-electron chi connectivity index (χ2n) is 4.76. The minimum atomic E-state index is -0.856. The molecule has 1 N–H and O–H groups in total. The fraction of sp³-hybridized carbons (Fsp3) is 0.357. The van der Waals surface area contributed by atoms with Gasteiger partial charge >= 0.3 is 5.97 Å². The number of nitrogens with zero attached hydrogens (tertiary/aromatic N) is 1. The molecule has 0 fully saturated rings. The summed E-state index contributed by atoms with van der Waals surface area (Å²) in [5.41, 5.74) is 3.41. The van der Waals surface area contributed by atoms with Crippen LogP contribution in [0.5, 0.6) is 0 Å². The van der Waals surface area contributed by atoms with Gasteiger partial charge in [0.25, 0.3) is 0 Å². The molecule has 0 atom stereocenters. The van der Waals surface area contributed by atoms with Crippen LogP contribution < -0.4 is 0 Å². The fourth-order valence-electron chi connectivity index (χ4n) is 2.39. The van der Waals surface area contributed by atoms with Gasteiger partial charge in [-0.25, -0.2) is 4.79 Å². The molecule has 0 saturated heterocycles. The van der Waals surface area contributed by atoms with Gasteiger partial charge in [0.1, 0.15) is 5.69 Å². The molecule has 0 aliphatic heterocycles. The third-order valence-electron chi connectivity index (χ3n) is 3.13. The van der Waals surface area contributed by atoms with Crippen LogP contribution in [0, 0.1) is 13.8 Å². The number of carboxylic acid groups (broad SMARTS) is 1. The monoisotopic (exact) mass is 231 g/mol. The SMILES string of the molecule is Cc1ccc2c(C)c(C(=O)O)n(C(C)C)c2c1. The summed E-state index contributed by atoms with van der Waals surface area (Å²) in [6, 6.07) is 6.21. The molecule has 0 unspecified atom stereocenters. The maximum atomic E-state index is 11.4. The maximum Gasteiger partial charge on any atom is 0.352 e.